The number of hydrogen-bond acceptors (Lipinski definition) is 5. The third-order valence-corrected chi connectivity index (χ3v) is 4.61. The number of rotatable bonds is 6. The quantitative estimate of drug-likeness (QED) is 0.743. The lowest BCUT2D eigenvalue weighted by Crippen LogP contribution is -2.31. The number of piperidine rings is 1. The Balaban J connectivity index is 1.90. The average molecular weight is 300 g/mol. The lowest BCUT2D eigenvalue weighted by Gasteiger charge is -2.28. The van der Waals surface area contributed by atoms with Crippen LogP contribution in [0.25, 0.3) is 0 Å². The molecule has 8 heteroatoms. The minimum Gasteiger partial charge on any atom is -0.481 e. The van der Waals surface area contributed by atoms with Crippen molar-refractivity contribution in [2.45, 2.75) is 31.0 Å². The predicted molar refractivity (Wildman–Crippen MR) is 76.0 cm³/mol. The lowest BCUT2D eigenvalue weighted by atomic mass is 9.94. The Hall–Kier alpha value is -1.28. The van der Waals surface area contributed by atoms with Crippen LogP contribution < -0.4 is 5.69 Å². The van der Waals surface area contributed by atoms with E-state index in [-0.39, 0.29) is 11.4 Å². The normalized spacial score (nSPS) is 17.4. The number of carbonyl (C=O) groups is 1. The molecule has 2 N–H and O–H groups in total. The molecule has 0 unspecified atom stereocenters. The number of nitrogens with one attached hydrogen (secondary N) is 1. The molecular formula is C12H20N4O3S. The lowest BCUT2D eigenvalue weighted by molar-refractivity contribution is -0.133. The van der Waals surface area contributed by atoms with Crippen molar-refractivity contribution in [1.82, 2.24) is 19.7 Å². The first-order chi connectivity index (χ1) is 9.56. The summed E-state index contributed by atoms with van der Waals surface area (Å²) in [5.74, 6) is -0.365. The van der Waals surface area contributed by atoms with Crippen molar-refractivity contribution in [2.24, 2.45) is 5.92 Å². The number of H-pyrrole nitrogens is 1. The molecule has 0 spiro atoms. The van der Waals surface area contributed by atoms with Crippen LogP contribution in [-0.2, 0) is 11.3 Å². The number of carboxylic acids is 1. The third-order valence-electron chi connectivity index (χ3n) is 3.65. The van der Waals surface area contributed by atoms with Crippen LogP contribution in [0, 0.1) is 5.92 Å². The van der Waals surface area contributed by atoms with E-state index < -0.39 is 5.97 Å². The number of hydrogen-bond donors (Lipinski definition) is 2. The second-order valence-corrected chi connectivity index (χ2v) is 6.12. The SMILES string of the molecule is CN1CCC(CCn2c(SCC(=O)O)n[nH]c2=O)CC1. The largest absolute Gasteiger partial charge is 0.481 e. The molecule has 1 saturated heterocycles. The highest BCUT2D eigenvalue weighted by Crippen LogP contribution is 2.21. The van der Waals surface area contributed by atoms with Gasteiger partial charge >= 0.3 is 11.7 Å². The third kappa shape index (κ3) is 4.11. The number of aromatic nitrogens is 3. The Kier molecular flexibility index (Phi) is 5.24. The Morgan fingerprint density at radius 1 is 1.50 bits per heavy atom. The molecule has 112 valence electrons. The molecule has 0 saturated carbocycles. The highest BCUT2D eigenvalue weighted by molar-refractivity contribution is 7.99. The van der Waals surface area contributed by atoms with E-state index in [2.05, 4.69) is 22.1 Å². The summed E-state index contributed by atoms with van der Waals surface area (Å²) in [5.41, 5.74) is -0.259. The zero-order valence-corrected chi connectivity index (χ0v) is 12.4. The summed E-state index contributed by atoms with van der Waals surface area (Å²) in [5, 5.41) is 15.4. The van der Waals surface area contributed by atoms with Crippen LogP contribution in [0.4, 0.5) is 0 Å². The maximum absolute atomic E-state index is 11.7. The van der Waals surface area contributed by atoms with Crippen molar-refractivity contribution in [2.75, 3.05) is 25.9 Å². The van der Waals surface area contributed by atoms with Crippen molar-refractivity contribution in [1.29, 1.82) is 0 Å². The standard InChI is InChI=1S/C12H20N4O3S/c1-15-5-2-9(3-6-15)4-7-16-11(19)13-14-12(16)20-8-10(17)18/h9H,2-8H2,1H3,(H,13,19)(H,17,18). The molecule has 1 aliphatic rings. The zero-order chi connectivity index (χ0) is 14.5. The average Bonchev–Trinajstić information content (AvgIpc) is 2.76. The van der Waals surface area contributed by atoms with Crippen molar-refractivity contribution < 1.29 is 9.90 Å². The van der Waals surface area contributed by atoms with E-state index in [0.29, 0.717) is 17.6 Å². The number of likely N-dealkylation sites (tertiary alicyclic amines) is 1. The molecule has 1 aromatic heterocycles. The molecule has 1 aromatic rings. The number of thioether (sulfide) groups is 1. The van der Waals surface area contributed by atoms with Gasteiger partial charge in [0.15, 0.2) is 5.16 Å². The Morgan fingerprint density at radius 3 is 2.85 bits per heavy atom. The van der Waals surface area contributed by atoms with Crippen LogP contribution >= 0.6 is 11.8 Å². The van der Waals surface area contributed by atoms with Crippen molar-refractivity contribution in [3.63, 3.8) is 0 Å². The molecule has 0 amide bonds. The van der Waals surface area contributed by atoms with E-state index in [4.69, 9.17) is 5.11 Å². The molecule has 1 fully saturated rings. The van der Waals surface area contributed by atoms with E-state index in [1.54, 1.807) is 4.57 Å². The molecular weight excluding hydrogens is 280 g/mol. The van der Waals surface area contributed by atoms with Crippen molar-refractivity contribution >= 4 is 17.7 Å². The van der Waals surface area contributed by atoms with E-state index in [9.17, 15) is 9.59 Å². The van der Waals surface area contributed by atoms with Crippen LogP contribution in [-0.4, -0.2) is 56.6 Å². The molecule has 0 bridgehead atoms. The minimum atomic E-state index is -0.910. The van der Waals surface area contributed by atoms with E-state index in [0.717, 1.165) is 44.1 Å². The first-order valence-electron chi connectivity index (χ1n) is 6.74. The van der Waals surface area contributed by atoms with Gasteiger partial charge in [-0.1, -0.05) is 11.8 Å². The van der Waals surface area contributed by atoms with Gasteiger partial charge in [0.2, 0.25) is 0 Å². The minimum absolute atomic E-state index is 0.0848. The van der Waals surface area contributed by atoms with Gasteiger partial charge in [0, 0.05) is 6.54 Å². The number of carboxylic acid groups (broad SMARTS) is 1. The van der Waals surface area contributed by atoms with Crippen LogP contribution in [0.2, 0.25) is 0 Å². The summed E-state index contributed by atoms with van der Waals surface area (Å²) in [6.45, 7) is 2.81. The van der Waals surface area contributed by atoms with Gasteiger partial charge in [-0.25, -0.2) is 9.89 Å². The highest BCUT2D eigenvalue weighted by atomic mass is 32.2. The fourth-order valence-corrected chi connectivity index (χ4v) is 3.09. The Labute approximate surface area is 121 Å². The fraction of sp³-hybridized carbons (Fsp3) is 0.750. The second kappa shape index (κ2) is 6.94. The highest BCUT2D eigenvalue weighted by Gasteiger charge is 2.18. The van der Waals surface area contributed by atoms with Crippen LogP contribution in [0.5, 0.6) is 0 Å². The van der Waals surface area contributed by atoms with E-state index in [1.807, 2.05) is 0 Å². The smallest absolute Gasteiger partial charge is 0.343 e. The zero-order valence-electron chi connectivity index (χ0n) is 11.5. The van der Waals surface area contributed by atoms with Gasteiger partial charge < -0.3 is 10.0 Å². The topological polar surface area (TPSA) is 91.2 Å². The number of aromatic amines is 1. The van der Waals surface area contributed by atoms with E-state index in [1.165, 1.54) is 0 Å². The number of aliphatic carboxylic acids is 1. The fourth-order valence-electron chi connectivity index (χ4n) is 2.40. The van der Waals surface area contributed by atoms with Gasteiger partial charge in [0.25, 0.3) is 0 Å². The van der Waals surface area contributed by atoms with Gasteiger partial charge in [-0.05, 0) is 45.3 Å². The van der Waals surface area contributed by atoms with Gasteiger partial charge in [0.05, 0.1) is 5.75 Å². The number of nitrogens with zero attached hydrogens (tertiary/aromatic N) is 3. The Bertz CT molecular complexity index is 505. The monoisotopic (exact) mass is 300 g/mol. The molecule has 20 heavy (non-hydrogen) atoms. The van der Waals surface area contributed by atoms with Crippen LogP contribution in [0.1, 0.15) is 19.3 Å². The van der Waals surface area contributed by atoms with Gasteiger partial charge in [-0.2, -0.15) is 0 Å². The molecule has 2 heterocycles. The molecule has 0 aromatic carbocycles. The van der Waals surface area contributed by atoms with Gasteiger partial charge in [0.1, 0.15) is 0 Å². The summed E-state index contributed by atoms with van der Waals surface area (Å²) in [4.78, 5) is 24.6. The summed E-state index contributed by atoms with van der Waals surface area (Å²) in [6, 6.07) is 0. The first kappa shape index (κ1) is 15.1. The molecule has 2 rings (SSSR count). The second-order valence-electron chi connectivity index (χ2n) is 5.18. The molecule has 0 atom stereocenters. The molecule has 7 nitrogen and oxygen atoms in total. The molecule has 0 aliphatic carbocycles. The van der Waals surface area contributed by atoms with Crippen molar-refractivity contribution in [3.8, 4) is 0 Å². The van der Waals surface area contributed by atoms with Gasteiger partial charge in [-0.3, -0.25) is 9.36 Å². The summed E-state index contributed by atoms with van der Waals surface area (Å²) in [7, 11) is 2.12. The molecule has 1 aliphatic heterocycles. The summed E-state index contributed by atoms with van der Waals surface area (Å²) in [6.07, 6.45) is 3.25. The Morgan fingerprint density at radius 2 is 2.20 bits per heavy atom. The molecule has 0 radical (unpaired) electrons. The predicted octanol–water partition coefficient (Wildman–Crippen LogP) is 0.480. The summed E-state index contributed by atoms with van der Waals surface area (Å²) < 4.78 is 1.55. The maximum atomic E-state index is 11.7. The van der Waals surface area contributed by atoms with Crippen molar-refractivity contribution in [3.05, 3.63) is 10.5 Å². The summed E-state index contributed by atoms with van der Waals surface area (Å²) >= 11 is 1.08. The maximum Gasteiger partial charge on any atom is 0.343 e. The van der Waals surface area contributed by atoms with E-state index >= 15 is 0 Å². The van der Waals surface area contributed by atoms with Crippen LogP contribution in [0.3, 0.4) is 0 Å². The van der Waals surface area contributed by atoms with Gasteiger partial charge in [-0.15, -0.1) is 5.10 Å². The van der Waals surface area contributed by atoms with Crippen LogP contribution in [0.15, 0.2) is 9.95 Å². The first-order valence-corrected chi connectivity index (χ1v) is 7.73.